The summed E-state index contributed by atoms with van der Waals surface area (Å²) in [5.41, 5.74) is 2.28. The molecule has 0 bridgehead atoms. The molecule has 18 heavy (non-hydrogen) atoms. The predicted octanol–water partition coefficient (Wildman–Crippen LogP) is 3.65. The Morgan fingerprint density at radius 2 is 2.00 bits per heavy atom. The summed E-state index contributed by atoms with van der Waals surface area (Å²) in [7, 11) is 1.98. The first-order chi connectivity index (χ1) is 8.52. The van der Waals surface area contributed by atoms with Crippen molar-refractivity contribution in [3.05, 3.63) is 35.1 Å². The van der Waals surface area contributed by atoms with E-state index in [1.807, 2.05) is 31.8 Å². The fourth-order valence-corrected chi connectivity index (χ4v) is 2.99. The Labute approximate surface area is 115 Å². The molecule has 1 aromatic carbocycles. The summed E-state index contributed by atoms with van der Waals surface area (Å²) in [5.74, 6) is 2.84. The van der Waals surface area contributed by atoms with Gasteiger partial charge < -0.3 is 5.32 Å². The van der Waals surface area contributed by atoms with Crippen LogP contribution in [0.1, 0.15) is 25.0 Å². The average Bonchev–Trinajstić information content (AvgIpc) is 2.32. The summed E-state index contributed by atoms with van der Waals surface area (Å²) in [6.45, 7) is 6.51. The maximum Gasteiger partial charge on any atom is 0.123 e. The summed E-state index contributed by atoms with van der Waals surface area (Å²) in [4.78, 5) is 0. The van der Waals surface area contributed by atoms with E-state index in [-0.39, 0.29) is 5.82 Å². The van der Waals surface area contributed by atoms with E-state index < -0.39 is 0 Å². The number of halogens is 1. The number of hydrogen-bond donors (Lipinski definition) is 1. The van der Waals surface area contributed by atoms with Crippen LogP contribution in [0.2, 0.25) is 0 Å². The van der Waals surface area contributed by atoms with Gasteiger partial charge in [0.1, 0.15) is 5.82 Å². The second-order valence-corrected chi connectivity index (χ2v) is 6.27. The minimum atomic E-state index is -0.139. The van der Waals surface area contributed by atoms with Gasteiger partial charge in [-0.3, -0.25) is 0 Å². The van der Waals surface area contributed by atoms with Crippen LogP contribution >= 0.6 is 11.8 Å². The van der Waals surface area contributed by atoms with Gasteiger partial charge in [-0.15, -0.1) is 0 Å². The Morgan fingerprint density at radius 1 is 1.28 bits per heavy atom. The Bertz CT molecular complexity index is 366. The number of thioether (sulfide) groups is 1. The third-order valence-corrected chi connectivity index (χ3v) is 4.50. The highest BCUT2D eigenvalue weighted by molar-refractivity contribution is 7.99. The fraction of sp³-hybridized carbons (Fsp3) is 0.600. The topological polar surface area (TPSA) is 12.0 Å². The van der Waals surface area contributed by atoms with E-state index in [0.717, 1.165) is 23.7 Å². The molecule has 1 N–H and O–H groups in total. The minimum absolute atomic E-state index is 0.139. The van der Waals surface area contributed by atoms with E-state index >= 15 is 0 Å². The van der Waals surface area contributed by atoms with Crippen molar-refractivity contribution in [2.24, 2.45) is 5.92 Å². The van der Waals surface area contributed by atoms with Crippen LogP contribution in [0.3, 0.4) is 0 Å². The number of hydrogen-bond acceptors (Lipinski definition) is 2. The van der Waals surface area contributed by atoms with Gasteiger partial charge >= 0.3 is 0 Å². The van der Waals surface area contributed by atoms with Gasteiger partial charge in [0.05, 0.1) is 0 Å². The van der Waals surface area contributed by atoms with Crippen molar-refractivity contribution in [1.29, 1.82) is 0 Å². The lowest BCUT2D eigenvalue weighted by Gasteiger charge is -2.18. The molecule has 0 saturated carbocycles. The highest BCUT2D eigenvalue weighted by Crippen LogP contribution is 2.15. The number of likely N-dealkylation sites (N-methyl/N-ethyl adjacent to an activating group) is 1. The van der Waals surface area contributed by atoms with Crippen molar-refractivity contribution in [2.45, 2.75) is 33.2 Å². The van der Waals surface area contributed by atoms with Crippen molar-refractivity contribution in [1.82, 2.24) is 5.32 Å². The van der Waals surface area contributed by atoms with E-state index in [9.17, 15) is 4.39 Å². The molecule has 1 unspecified atom stereocenters. The summed E-state index contributed by atoms with van der Waals surface area (Å²) in [6.07, 6.45) is 0.894. The molecule has 0 spiro atoms. The lowest BCUT2D eigenvalue weighted by atomic mass is 10.0. The van der Waals surface area contributed by atoms with E-state index in [2.05, 4.69) is 19.2 Å². The number of rotatable bonds is 7. The summed E-state index contributed by atoms with van der Waals surface area (Å²) in [5, 5.41) is 3.33. The summed E-state index contributed by atoms with van der Waals surface area (Å²) in [6, 6.07) is 5.46. The predicted molar refractivity (Wildman–Crippen MR) is 79.9 cm³/mol. The minimum Gasteiger partial charge on any atom is -0.316 e. The summed E-state index contributed by atoms with van der Waals surface area (Å²) >= 11 is 1.97. The van der Waals surface area contributed by atoms with Gasteiger partial charge in [-0.25, -0.2) is 4.39 Å². The Balaban J connectivity index is 2.54. The van der Waals surface area contributed by atoms with Crippen LogP contribution in [0.5, 0.6) is 0 Å². The third-order valence-electron chi connectivity index (χ3n) is 2.96. The van der Waals surface area contributed by atoms with Crippen LogP contribution in [0.25, 0.3) is 0 Å². The Kier molecular flexibility index (Phi) is 6.72. The SMILES string of the molecule is CNC(CSCC(C)C)Cc1cc(F)ccc1C. The zero-order valence-corrected chi connectivity index (χ0v) is 12.6. The van der Waals surface area contributed by atoms with Gasteiger partial charge in [0.2, 0.25) is 0 Å². The maximum atomic E-state index is 13.2. The van der Waals surface area contributed by atoms with Crippen molar-refractivity contribution in [2.75, 3.05) is 18.6 Å². The van der Waals surface area contributed by atoms with Crippen LogP contribution in [0.4, 0.5) is 4.39 Å². The highest BCUT2D eigenvalue weighted by Gasteiger charge is 2.10. The zero-order valence-electron chi connectivity index (χ0n) is 11.8. The van der Waals surface area contributed by atoms with E-state index in [1.165, 1.54) is 17.4 Å². The molecular weight excluding hydrogens is 245 g/mol. The number of aryl methyl sites for hydroxylation is 1. The van der Waals surface area contributed by atoms with Crippen LogP contribution < -0.4 is 5.32 Å². The van der Waals surface area contributed by atoms with E-state index in [0.29, 0.717) is 6.04 Å². The monoisotopic (exact) mass is 269 g/mol. The van der Waals surface area contributed by atoms with Gasteiger partial charge in [0.25, 0.3) is 0 Å². The average molecular weight is 269 g/mol. The molecule has 0 aliphatic carbocycles. The van der Waals surface area contributed by atoms with Gasteiger partial charge in [-0.2, -0.15) is 11.8 Å². The van der Waals surface area contributed by atoms with Gasteiger partial charge in [0.15, 0.2) is 0 Å². The molecule has 0 amide bonds. The molecule has 1 aromatic rings. The lowest BCUT2D eigenvalue weighted by molar-refractivity contribution is 0.600. The van der Waals surface area contributed by atoms with Crippen molar-refractivity contribution in [3.63, 3.8) is 0 Å². The van der Waals surface area contributed by atoms with Gasteiger partial charge in [0, 0.05) is 11.8 Å². The molecule has 0 heterocycles. The molecule has 0 aliphatic rings. The quantitative estimate of drug-likeness (QED) is 0.811. The largest absolute Gasteiger partial charge is 0.316 e. The molecule has 0 radical (unpaired) electrons. The third kappa shape index (κ3) is 5.40. The Hall–Kier alpha value is -0.540. The number of nitrogens with one attached hydrogen (secondary N) is 1. The van der Waals surface area contributed by atoms with Gasteiger partial charge in [-0.05, 0) is 55.3 Å². The highest BCUT2D eigenvalue weighted by atomic mass is 32.2. The van der Waals surface area contributed by atoms with Crippen molar-refractivity contribution >= 4 is 11.8 Å². The zero-order chi connectivity index (χ0) is 13.5. The van der Waals surface area contributed by atoms with Crippen LogP contribution in [-0.4, -0.2) is 24.6 Å². The molecule has 0 aromatic heterocycles. The molecular formula is C15H24FNS. The van der Waals surface area contributed by atoms with Crippen LogP contribution in [0, 0.1) is 18.7 Å². The molecule has 102 valence electrons. The molecule has 1 atom stereocenters. The van der Waals surface area contributed by atoms with Gasteiger partial charge in [-0.1, -0.05) is 19.9 Å². The second-order valence-electron chi connectivity index (χ2n) is 5.19. The van der Waals surface area contributed by atoms with E-state index in [1.54, 1.807) is 6.07 Å². The first kappa shape index (κ1) is 15.5. The molecule has 0 fully saturated rings. The summed E-state index contributed by atoms with van der Waals surface area (Å²) < 4.78 is 13.2. The molecule has 0 saturated heterocycles. The van der Waals surface area contributed by atoms with Crippen molar-refractivity contribution in [3.8, 4) is 0 Å². The normalized spacial score (nSPS) is 13.0. The number of benzene rings is 1. The lowest BCUT2D eigenvalue weighted by Crippen LogP contribution is -2.30. The standard InChI is InChI=1S/C15H24FNS/c1-11(2)9-18-10-15(17-4)8-13-7-14(16)6-5-12(13)3/h5-7,11,15,17H,8-10H2,1-4H3. The fourth-order valence-electron chi connectivity index (χ4n) is 1.82. The Morgan fingerprint density at radius 3 is 2.61 bits per heavy atom. The van der Waals surface area contributed by atoms with Crippen molar-refractivity contribution < 1.29 is 4.39 Å². The molecule has 1 rings (SSSR count). The molecule has 0 aliphatic heterocycles. The molecule has 1 nitrogen and oxygen atoms in total. The first-order valence-corrected chi connectivity index (χ1v) is 7.68. The second kappa shape index (κ2) is 7.80. The smallest absolute Gasteiger partial charge is 0.123 e. The first-order valence-electron chi connectivity index (χ1n) is 6.53. The van der Waals surface area contributed by atoms with Crippen LogP contribution in [-0.2, 0) is 6.42 Å². The van der Waals surface area contributed by atoms with E-state index in [4.69, 9.17) is 0 Å². The van der Waals surface area contributed by atoms with Crippen LogP contribution in [0.15, 0.2) is 18.2 Å². The maximum absolute atomic E-state index is 13.2. The molecule has 3 heteroatoms.